The van der Waals surface area contributed by atoms with Crippen molar-refractivity contribution in [1.82, 2.24) is 14.8 Å². The molecule has 1 saturated heterocycles. The van der Waals surface area contributed by atoms with Crippen LogP contribution in [0.5, 0.6) is 0 Å². The third-order valence-corrected chi connectivity index (χ3v) is 7.55. The maximum absolute atomic E-state index is 13.7. The predicted molar refractivity (Wildman–Crippen MR) is 157 cm³/mol. The monoisotopic (exact) mass is 636 g/mol. The lowest BCUT2D eigenvalue weighted by Crippen LogP contribution is -2.49. The molecule has 1 fully saturated rings. The Hall–Kier alpha value is -4.29. The zero-order chi connectivity index (χ0) is 32.9. The first-order valence-electron chi connectivity index (χ1n) is 14.5. The number of hydrogen-bond donors (Lipinski definition) is 0. The van der Waals surface area contributed by atoms with E-state index in [0.717, 1.165) is 28.9 Å². The molecule has 1 aliphatic rings. The summed E-state index contributed by atoms with van der Waals surface area (Å²) < 4.78 is 85.7. The first kappa shape index (κ1) is 33.6. The number of piperazine rings is 1. The predicted octanol–water partition coefficient (Wildman–Crippen LogP) is 7.43. The Kier molecular flexibility index (Phi) is 10.3. The summed E-state index contributed by atoms with van der Waals surface area (Å²) >= 11 is 0. The zero-order valence-electron chi connectivity index (χ0n) is 25.1. The van der Waals surface area contributed by atoms with E-state index in [1.54, 1.807) is 17.0 Å². The summed E-state index contributed by atoms with van der Waals surface area (Å²) in [7, 11) is 1.31. The topological polar surface area (TPSA) is 66.0 Å². The molecular weight excluding hydrogens is 602 g/mol. The highest BCUT2D eigenvalue weighted by Crippen LogP contribution is 2.37. The molecule has 1 aliphatic heterocycles. The lowest BCUT2D eigenvalue weighted by molar-refractivity contribution is -0.143. The number of aromatic nitrogens is 1. The fourth-order valence-electron chi connectivity index (χ4n) is 5.06. The second kappa shape index (κ2) is 13.8. The van der Waals surface area contributed by atoms with E-state index in [2.05, 4.69) is 4.98 Å². The Bertz CT molecular complexity index is 1490. The zero-order valence-corrected chi connectivity index (χ0v) is 25.1. The van der Waals surface area contributed by atoms with Crippen molar-refractivity contribution < 1.29 is 40.7 Å². The normalized spacial score (nSPS) is 14.0. The average Bonchev–Trinajstić information content (AvgIpc) is 3.00. The summed E-state index contributed by atoms with van der Waals surface area (Å²) in [6.07, 6.45) is -7.31. The van der Waals surface area contributed by atoms with Gasteiger partial charge in [0.25, 0.3) is 5.91 Å². The van der Waals surface area contributed by atoms with Crippen LogP contribution < -0.4 is 4.90 Å². The SMILES string of the molecule is CCCCOC(=O)N1CCN(c2cc(-c3ccccc3C)c(C(=O)N(C)Cc3cc(C(F)(F)F)cc(C(F)(F)F)c3)cn2)CC1. The number of amides is 2. The number of carbonyl (C=O) groups is 2. The Balaban J connectivity index is 1.61. The molecule has 7 nitrogen and oxygen atoms in total. The van der Waals surface area contributed by atoms with Gasteiger partial charge in [0.15, 0.2) is 0 Å². The van der Waals surface area contributed by atoms with Crippen LogP contribution in [0.15, 0.2) is 54.7 Å². The molecule has 2 aromatic carbocycles. The van der Waals surface area contributed by atoms with Crippen molar-refractivity contribution in [1.29, 1.82) is 0 Å². The van der Waals surface area contributed by atoms with Crippen molar-refractivity contribution >= 4 is 17.8 Å². The van der Waals surface area contributed by atoms with Gasteiger partial charge in [0, 0.05) is 46.0 Å². The standard InChI is InChI=1S/C32H34F6N4O3/c1-4-5-14-45-30(44)42-12-10-41(11-13-42)28-18-26(25-9-7-6-8-21(25)2)27(19-39-28)29(43)40(3)20-22-15-23(31(33,34)35)17-24(16-22)32(36,37)38/h6-9,15-19H,4-5,10-14,20H2,1-3H3. The molecule has 4 rings (SSSR count). The van der Waals surface area contributed by atoms with Crippen LogP contribution in [0.4, 0.5) is 37.0 Å². The number of unbranched alkanes of at least 4 members (excludes halogenated alkanes) is 1. The highest BCUT2D eigenvalue weighted by Gasteiger charge is 2.37. The van der Waals surface area contributed by atoms with Gasteiger partial charge in [-0.25, -0.2) is 9.78 Å². The number of aryl methyl sites for hydroxylation is 1. The Morgan fingerprint density at radius 2 is 1.53 bits per heavy atom. The van der Waals surface area contributed by atoms with Gasteiger partial charge >= 0.3 is 18.4 Å². The van der Waals surface area contributed by atoms with Crippen LogP contribution in [-0.4, -0.2) is 66.6 Å². The van der Waals surface area contributed by atoms with Crippen LogP contribution >= 0.6 is 0 Å². The van der Waals surface area contributed by atoms with Gasteiger partial charge in [-0.15, -0.1) is 0 Å². The number of halogens is 6. The highest BCUT2D eigenvalue weighted by atomic mass is 19.4. The molecule has 0 radical (unpaired) electrons. The van der Waals surface area contributed by atoms with Crippen molar-refractivity contribution in [2.75, 3.05) is 44.7 Å². The summed E-state index contributed by atoms with van der Waals surface area (Å²) in [6.45, 7) is 5.47. The molecule has 0 unspecified atom stereocenters. The van der Waals surface area contributed by atoms with Crippen molar-refractivity contribution in [2.24, 2.45) is 0 Å². The molecular formula is C32H34F6N4O3. The van der Waals surface area contributed by atoms with Crippen LogP contribution in [0.1, 0.15) is 52.4 Å². The Labute approximate surface area is 257 Å². The summed E-state index contributed by atoms with van der Waals surface area (Å²) in [5.41, 5.74) is -1.01. The highest BCUT2D eigenvalue weighted by molar-refractivity contribution is 6.01. The third-order valence-electron chi connectivity index (χ3n) is 7.55. The number of nitrogens with zero attached hydrogens (tertiary/aromatic N) is 4. The molecule has 0 aliphatic carbocycles. The molecule has 0 N–H and O–H groups in total. The maximum atomic E-state index is 13.7. The van der Waals surface area contributed by atoms with Gasteiger partial charge in [-0.1, -0.05) is 37.6 Å². The molecule has 0 spiro atoms. The summed E-state index contributed by atoms with van der Waals surface area (Å²) in [4.78, 5) is 35.2. The fourth-order valence-corrected chi connectivity index (χ4v) is 5.06. The first-order valence-corrected chi connectivity index (χ1v) is 14.5. The largest absolute Gasteiger partial charge is 0.449 e. The van der Waals surface area contributed by atoms with Gasteiger partial charge in [0.2, 0.25) is 0 Å². The Morgan fingerprint density at radius 3 is 2.11 bits per heavy atom. The summed E-state index contributed by atoms with van der Waals surface area (Å²) in [5.74, 6) is -0.0722. The minimum atomic E-state index is -5.00. The summed E-state index contributed by atoms with van der Waals surface area (Å²) in [5, 5.41) is 0. The van der Waals surface area contributed by atoms with E-state index in [4.69, 9.17) is 4.74 Å². The molecule has 45 heavy (non-hydrogen) atoms. The van der Waals surface area contributed by atoms with Crippen molar-refractivity contribution in [2.45, 2.75) is 45.6 Å². The van der Waals surface area contributed by atoms with E-state index < -0.39 is 35.9 Å². The fraction of sp³-hybridized carbons (Fsp3) is 0.406. The van der Waals surface area contributed by atoms with Crippen molar-refractivity contribution in [3.63, 3.8) is 0 Å². The molecule has 242 valence electrons. The van der Waals surface area contributed by atoms with E-state index in [0.29, 0.717) is 56.3 Å². The number of ether oxygens (including phenoxy) is 1. The van der Waals surface area contributed by atoms with E-state index in [9.17, 15) is 35.9 Å². The van der Waals surface area contributed by atoms with Crippen molar-refractivity contribution in [3.05, 3.63) is 82.5 Å². The van der Waals surface area contributed by atoms with Gasteiger partial charge in [-0.3, -0.25) is 4.79 Å². The van der Waals surface area contributed by atoms with Crippen LogP contribution in [-0.2, 0) is 23.6 Å². The number of rotatable bonds is 8. The van der Waals surface area contributed by atoms with Crippen LogP contribution in [0.3, 0.4) is 0 Å². The van der Waals surface area contributed by atoms with Crippen LogP contribution in [0.25, 0.3) is 11.1 Å². The number of hydrogen-bond acceptors (Lipinski definition) is 5. The Morgan fingerprint density at radius 1 is 0.911 bits per heavy atom. The molecule has 0 saturated carbocycles. The van der Waals surface area contributed by atoms with Gasteiger partial charge in [-0.05, 0) is 59.9 Å². The van der Waals surface area contributed by atoms with E-state index in [1.165, 1.54) is 13.2 Å². The van der Waals surface area contributed by atoms with Gasteiger partial charge in [0.1, 0.15) is 5.82 Å². The molecule has 2 heterocycles. The van der Waals surface area contributed by atoms with Crippen LogP contribution in [0, 0.1) is 6.92 Å². The lowest BCUT2D eigenvalue weighted by Gasteiger charge is -2.35. The van der Waals surface area contributed by atoms with E-state index >= 15 is 0 Å². The van der Waals surface area contributed by atoms with E-state index in [1.807, 2.05) is 36.9 Å². The summed E-state index contributed by atoms with van der Waals surface area (Å²) in [6, 6.07) is 10.3. The average molecular weight is 637 g/mol. The minimum Gasteiger partial charge on any atom is -0.449 e. The van der Waals surface area contributed by atoms with Gasteiger partial charge in [-0.2, -0.15) is 26.3 Å². The molecule has 13 heteroatoms. The van der Waals surface area contributed by atoms with Gasteiger partial charge in [0.05, 0.1) is 23.3 Å². The minimum absolute atomic E-state index is 0.0550. The molecule has 1 aromatic heterocycles. The number of benzene rings is 2. The number of anilines is 1. The smallest absolute Gasteiger partial charge is 0.416 e. The van der Waals surface area contributed by atoms with Gasteiger partial charge < -0.3 is 19.4 Å². The second-order valence-electron chi connectivity index (χ2n) is 10.9. The number of alkyl halides is 6. The second-order valence-corrected chi connectivity index (χ2v) is 10.9. The maximum Gasteiger partial charge on any atom is 0.416 e. The molecule has 3 aromatic rings. The quantitative estimate of drug-likeness (QED) is 0.190. The lowest BCUT2D eigenvalue weighted by atomic mass is 9.96. The van der Waals surface area contributed by atoms with Crippen LogP contribution in [0.2, 0.25) is 0 Å². The number of pyridine rings is 1. The third kappa shape index (κ3) is 8.25. The first-order chi connectivity index (χ1) is 21.2. The van der Waals surface area contributed by atoms with E-state index in [-0.39, 0.29) is 23.3 Å². The molecule has 0 bridgehead atoms. The van der Waals surface area contributed by atoms with Crippen molar-refractivity contribution in [3.8, 4) is 11.1 Å². The number of carbonyl (C=O) groups excluding carboxylic acids is 2. The molecule has 0 atom stereocenters. The molecule has 2 amide bonds.